The number of carbonyl (C=O) groups is 2. The van der Waals surface area contributed by atoms with E-state index in [4.69, 9.17) is 11.6 Å². The van der Waals surface area contributed by atoms with Gasteiger partial charge in [0.2, 0.25) is 0 Å². The minimum Gasteiger partial charge on any atom is -0.321 e. The first-order valence-corrected chi connectivity index (χ1v) is 10.4. The molecule has 0 radical (unpaired) electrons. The molecular weight excluding hydrogens is 444 g/mol. The molecule has 2 aromatic carbocycles. The van der Waals surface area contributed by atoms with Crippen LogP contribution < -0.4 is 5.32 Å². The molecule has 1 heterocycles. The Morgan fingerprint density at radius 3 is 2.58 bits per heavy atom. The molecule has 2 aromatic rings. The van der Waals surface area contributed by atoms with Crippen LogP contribution in [-0.2, 0) is 10.0 Å². The summed E-state index contributed by atoms with van der Waals surface area (Å²) in [4.78, 5) is 24.7. The predicted molar refractivity (Wildman–Crippen MR) is 99.9 cm³/mol. The number of hydrogen-bond donors (Lipinski definition) is 1. The van der Waals surface area contributed by atoms with Crippen molar-refractivity contribution in [2.75, 3.05) is 5.32 Å². The largest absolute Gasteiger partial charge is 0.321 e. The molecule has 9 heteroatoms. The van der Waals surface area contributed by atoms with Crippen molar-refractivity contribution in [3.63, 3.8) is 0 Å². The van der Waals surface area contributed by atoms with Gasteiger partial charge in [-0.3, -0.25) is 9.59 Å². The van der Waals surface area contributed by atoms with Crippen LogP contribution in [0.4, 0.5) is 5.69 Å². The van der Waals surface area contributed by atoms with E-state index in [0.29, 0.717) is 23.6 Å². The molecule has 1 aliphatic carbocycles. The van der Waals surface area contributed by atoms with Crippen molar-refractivity contribution in [2.24, 2.45) is 0 Å². The van der Waals surface area contributed by atoms with Gasteiger partial charge in [-0.2, -0.15) is 0 Å². The normalized spacial score (nSPS) is 17.9. The number of nitrogens with zero attached hydrogens (tertiary/aromatic N) is 1. The average Bonchev–Trinajstić information content (AvgIpc) is 3.38. The van der Waals surface area contributed by atoms with Crippen molar-refractivity contribution >= 4 is 55.1 Å². The zero-order valence-corrected chi connectivity index (χ0v) is 16.4. The molecule has 134 valence electrons. The summed E-state index contributed by atoms with van der Waals surface area (Å²) >= 11 is 9.37. The second-order valence-electron chi connectivity index (χ2n) is 6.13. The highest BCUT2D eigenvalue weighted by Gasteiger charge is 2.48. The van der Waals surface area contributed by atoms with Crippen LogP contribution in [0.3, 0.4) is 0 Å². The fourth-order valence-electron chi connectivity index (χ4n) is 2.84. The molecule has 6 nitrogen and oxygen atoms in total. The number of benzene rings is 2. The fourth-order valence-corrected chi connectivity index (χ4v) is 5.41. The summed E-state index contributed by atoms with van der Waals surface area (Å²) in [6, 6.07) is 8.79. The summed E-state index contributed by atoms with van der Waals surface area (Å²) in [7, 11) is -3.90. The highest BCUT2D eigenvalue weighted by molar-refractivity contribution is 9.10. The molecule has 0 bridgehead atoms. The van der Waals surface area contributed by atoms with Gasteiger partial charge in [-0.25, -0.2) is 12.7 Å². The number of fused-ring (bicyclic) bond motifs is 1. The van der Waals surface area contributed by atoms with Crippen LogP contribution in [0, 0.1) is 0 Å². The molecule has 1 saturated carbocycles. The molecule has 0 unspecified atom stereocenters. The lowest BCUT2D eigenvalue weighted by Crippen LogP contribution is -2.31. The number of carbonyl (C=O) groups excluding carboxylic acids is 2. The minimum atomic E-state index is -3.90. The van der Waals surface area contributed by atoms with Crippen LogP contribution in [0.5, 0.6) is 0 Å². The van der Waals surface area contributed by atoms with Crippen molar-refractivity contribution in [2.45, 2.75) is 23.8 Å². The Balaban J connectivity index is 1.67. The third-order valence-corrected chi connectivity index (χ3v) is 6.95. The Kier molecular flexibility index (Phi) is 4.09. The van der Waals surface area contributed by atoms with E-state index < -0.39 is 21.8 Å². The van der Waals surface area contributed by atoms with Gasteiger partial charge in [-0.15, -0.1) is 0 Å². The third kappa shape index (κ3) is 2.82. The van der Waals surface area contributed by atoms with Crippen LogP contribution in [0.1, 0.15) is 33.6 Å². The van der Waals surface area contributed by atoms with E-state index in [9.17, 15) is 18.0 Å². The standard InChI is InChI=1S/C17H12BrClN2O4S/c18-10-2-6-14(13(19)8-10)20-16(22)9-1-5-12-15(7-9)26(24,25)21(17(12)23)11-3-4-11/h1-2,5-8,11H,3-4H2,(H,20,22). The maximum Gasteiger partial charge on any atom is 0.269 e. The fraction of sp³-hybridized carbons (Fsp3) is 0.176. The zero-order chi connectivity index (χ0) is 18.6. The maximum atomic E-state index is 12.6. The Morgan fingerprint density at radius 2 is 1.92 bits per heavy atom. The molecule has 0 atom stereocenters. The third-order valence-electron chi connectivity index (χ3n) is 4.27. The van der Waals surface area contributed by atoms with Gasteiger partial charge >= 0.3 is 0 Å². The van der Waals surface area contributed by atoms with E-state index in [1.807, 2.05) is 0 Å². The molecule has 1 N–H and O–H groups in total. The number of sulfonamides is 1. The van der Waals surface area contributed by atoms with E-state index >= 15 is 0 Å². The van der Waals surface area contributed by atoms with Gasteiger partial charge < -0.3 is 5.32 Å². The molecular formula is C17H12BrClN2O4S. The second-order valence-corrected chi connectivity index (χ2v) is 9.23. The monoisotopic (exact) mass is 454 g/mol. The smallest absolute Gasteiger partial charge is 0.269 e. The molecule has 26 heavy (non-hydrogen) atoms. The van der Waals surface area contributed by atoms with Crippen LogP contribution >= 0.6 is 27.5 Å². The maximum absolute atomic E-state index is 12.6. The Labute approximate surface area is 163 Å². The van der Waals surface area contributed by atoms with Crippen LogP contribution in [0.25, 0.3) is 0 Å². The highest BCUT2D eigenvalue weighted by atomic mass is 79.9. The van der Waals surface area contributed by atoms with Crippen LogP contribution in [0.15, 0.2) is 45.8 Å². The van der Waals surface area contributed by atoms with Crippen molar-refractivity contribution < 1.29 is 18.0 Å². The van der Waals surface area contributed by atoms with E-state index in [1.54, 1.807) is 18.2 Å². The lowest BCUT2D eigenvalue weighted by atomic mass is 10.1. The Hall–Kier alpha value is -1.90. The lowest BCUT2D eigenvalue weighted by Gasteiger charge is -2.13. The number of hydrogen-bond acceptors (Lipinski definition) is 4. The summed E-state index contributed by atoms with van der Waals surface area (Å²) in [5, 5.41) is 2.99. The van der Waals surface area contributed by atoms with Crippen molar-refractivity contribution in [1.29, 1.82) is 0 Å². The lowest BCUT2D eigenvalue weighted by molar-refractivity contribution is 0.0864. The van der Waals surface area contributed by atoms with Crippen molar-refractivity contribution in [3.8, 4) is 0 Å². The summed E-state index contributed by atoms with van der Waals surface area (Å²) in [6.45, 7) is 0. The summed E-state index contributed by atoms with van der Waals surface area (Å²) < 4.78 is 27.0. The summed E-state index contributed by atoms with van der Waals surface area (Å²) in [5.41, 5.74) is 0.644. The zero-order valence-electron chi connectivity index (χ0n) is 13.2. The van der Waals surface area contributed by atoms with Gasteiger partial charge in [0.15, 0.2) is 0 Å². The van der Waals surface area contributed by atoms with E-state index in [-0.39, 0.29) is 22.1 Å². The Bertz CT molecular complexity index is 1070. The molecule has 0 aromatic heterocycles. The van der Waals surface area contributed by atoms with Crippen LogP contribution in [-0.4, -0.2) is 30.6 Å². The number of anilines is 1. The number of nitrogens with one attached hydrogen (secondary N) is 1. The topological polar surface area (TPSA) is 83.6 Å². The molecule has 0 spiro atoms. The average molecular weight is 456 g/mol. The quantitative estimate of drug-likeness (QED) is 0.765. The number of amides is 2. The predicted octanol–water partition coefficient (Wildman–Crippen LogP) is 3.66. The summed E-state index contributed by atoms with van der Waals surface area (Å²) in [6.07, 6.45) is 1.35. The van der Waals surface area contributed by atoms with Gasteiger partial charge in [0.05, 0.1) is 16.3 Å². The molecule has 1 aliphatic heterocycles. The van der Waals surface area contributed by atoms with Gasteiger partial charge in [-0.05, 0) is 49.2 Å². The first kappa shape index (κ1) is 17.5. The molecule has 4 rings (SSSR count). The van der Waals surface area contributed by atoms with E-state index in [0.717, 1.165) is 8.78 Å². The van der Waals surface area contributed by atoms with E-state index in [1.165, 1.54) is 18.2 Å². The highest BCUT2D eigenvalue weighted by Crippen LogP contribution is 2.39. The van der Waals surface area contributed by atoms with Gasteiger partial charge in [0.25, 0.3) is 21.8 Å². The molecule has 2 aliphatic rings. The SMILES string of the molecule is O=C(Nc1ccc(Br)cc1Cl)c1ccc2c(c1)S(=O)(=O)N(C1CC1)C2=O. The van der Waals surface area contributed by atoms with Crippen molar-refractivity contribution in [1.82, 2.24) is 4.31 Å². The van der Waals surface area contributed by atoms with Crippen LogP contribution in [0.2, 0.25) is 5.02 Å². The summed E-state index contributed by atoms with van der Waals surface area (Å²) in [5.74, 6) is -1.03. The van der Waals surface area contributed by atoms with Gasteiger partial charge in [0, 0.05) is 16.1 Å². The second kappa shape index (κ2) is 6.07. The molecule has 0 saturated heterocycles. The van der Waals surface area contributed by atoms with E-state index in [2.05, 4.69) is 21.2 Å². The minimum absolute atomic E-state index is 0.107. The van der Waals surface area contributed by atoms with Crippen molar-refractivity contribution in [3.05, 3.63) is 57.0 Å². The van der Waals surface area contributed by atoms with Gasteiger partial charge in [0.1, 0.15) is 4.90 Å². The number of rotatable bonds is 3. The Morgan fingerprint density at radius 1 is 1.19 bits per heavy atom. The number of halogens is 2. The molecule has 1 fully saturated rings. The first-order chi connectivity index (χ1) is 12.3. The van der Waals surface area contributed by atoms with Gasteiger partial charge in [-0.1, -0.05) is 27.5 Å². The molecule has 2 amide bonds. The first-order valence-electron chi connectivity index (χ1n) is 7.78.